The van der Waals surface area contributed by atoms with Gasteiger partial charge >= 0.3 is 0 Å². The van der Waals surface area contributed by atoms with E-state index in [1.54, 1.807) is 11.3 Å². The number of benzene rings is 1. The Labute approximate surface area is 161 Å². The van der Waals surface area contributed by atoms with Crippen molar-refractivity contribution in [2.24, 2.45) is 0 Å². The summed E-state index contributed by atoms with van der Waals surface area (Å²) in [7, 11) is 0. The first kappa shape index (κ1) is 17.5. The van der Waals surface area contributed by atoms with Crippen LogP contribution in [0.25, 0.3) is 10.2 Å². The van der Waals surface area contributed by atoms with Crippen molar-refractivity contribution in [3.8, 4) is 0 Å². The highest BCUT2D eigenvalue weighted by atomic mass is 32.2. The van der Waals surface area contributed by atoms with Crippen LogP contribution >= 0.6 is 23.1 Å². The summed E-state index contributed by atoms with van der Waals surface area (Å²) in [5, 5.41) is 5.16. The Morgan fingerprint density at radius 3 is 2.92 bits per heavy atom. The summed E-state index contributed by atoms with van der Waals surface area (Å²) in [5.41, 5.74) is 4.58. The Morgan fingerprint density at radius 1 is 1.23 bits per heavy atom. The van der Waals surface area contributed by atoms with Crippen molar-refractivity contribution in [3.05, 3.63) is 45.6 Å². The van der Waals surface area contributed by atoms with Gasteiger partial charge in [-0.25, -0.2) is 9.97 Å². The van der Waals surface area contributed by atoms with Crippen LogP contribution in [-0.4, -0.2) is 21.6 Å². The molecule has 1 amide bonds. The summed E-state index contributed by atoms with van der Waals surface area (Å²) in [4.78, 5) is 24.2. The van der Waals surface area contributed by atoms with Gasteiger partial charge in [-0.05, 0) is 62.8 Å². The zero-order valence-corrected chi connectivity index (χ0v) is 16.8. The largest absolute Gasteiger partial charge is 0.325 e. The third-order valence-electron chi connectivity index (χ3n) is 4.86. The lowest BCUT2D eigenvalue weighted by molar-refractivity contribution is -0.113. The van der Waals surface area contributed by atoms with Crippen LogP contribution in [0.3, 0.4) is 0 Å². The average molecular weight is 384 g/mol. The summed E-state index contributed by atoms with van der Waals surface area (Å²) in [6.07, 6.45) is 3.46. The van der Waals surface area contributed by atoms with Crippen molar-refractivity contribution in [1.82, 2.24) is 9.97 Å². The number of carbonyl (C=O) groups excluding carboxylic acids is 1. The number of hydrogen-bond donors (Lipinski definition) is 1. The van der Waals surface area contributed by atoms with Crippen molar-refractivity contribution < 1.29 is 4.79 Å². The van der Waals surface area contributed by atoms with Gasteiger partial charge in [-0.3, -0.25) is 4.79 Å². The molecule has 1 aromatic carbocycles. The Bertz CT molecular complexity index is 1010. The number of fused-ring (bicyclic) bond motifs is 3. The van der Waals surface area contributed by atoms with E-state index < -0.39 is 0 Å². The fourth-order valence-electron chi connectivity index (χ4n) is 3.38. The molecule has 0 bridgehead atoms. The van der Waals surface area contributed by atoms with Crippen LogP contribution in [0.1, 0.15) is 33.8 Å². The Balaban J connectivity index is 1.54. The van der Waals surface area contributed by atoms with Crippen LogP contribution in [0.15, 0.2) is 23.2 Å². The lowest BCUT2D eigenvalue weighted by atomic mass is 10.1. The van der Waals surface area contributed by atoms with Crippen LogP contribution in [0.2, 0.25) is 0 Å². The fraction of sp³-hybridized carbons (Fsp3) is 0.350. The molecule has 1 aliphatic carbocycles. The van der Waals surface area contributed by atoms with E-state index in [0.717, 1.165) is 39.8 Å². The summed E-state index contributed by atoms with van der Waals surface area (Å²) < 4.78 is 0. The maximum absolute atomic E-state index is 12.5. The number of carbonyl (C=O) groups is 1. The van der Waals surface area contributed by atoms with Gasteiger partial charge in [0.05, 0.1) is 5.75 Å². The molecule has 134 valence electrons. The fourth-order valence-corrected chi connectivity index (χ4v) is 5.65. The third-order valence-corrected chi connectivity index (χ3v) is 7.02. The predicted octanol–water partition coefficient (Wildman–Crippen LogP) is 4.84. The lowest BCUT2D eigenvalue weighted by Crippen LogP contribution is -2.15. The number of nitrogens with one attached hydrogen (secondary N) is 1. The van der Waals surface area contributed by atoms with Crippen LogP contribution in [0, 0.1) is 20.8 Å². The van der Waals surface area contributed by atoms with E-state index in [-0.39, 0.29) is 5.91 Å². The Morgan fingerprint density at radius 2 is 2.08 bits per heavy atom. The molecule has 0 spiro atoms. The van der Waals surface area contributed by atoms with Crippen LogP contribution in [0.5, 0.6) is 0 Å². The standard InChI is InChI=1S/C20H21N3OS2/c1-11-6-4-8-15(12(11)2)23-17(24)10-25-19-18-14-7-5-9-16(14)26-20(18)22-13(3)21-19/h4,6,8H,5,7,9-10H2,1-3H3,(H,23,24). The Hall–Kier alpha value is -1.92. The van der Waals surface area contributed by atoms with Gasteiger partial charge in [0.1, 0.15) is 15.7 Å². The van der Waals surface area contributed by atoms with Gasteiger partial charge in [0.15, 0.2) is 0 Å². The highest BCUT2D eigenvalue weighted by Crippen LogP contribution is 2.40. The first-order valence-electron chi connectivity index (χ1n) is 8.80. The van der Waals surface area contributed by atoms with E-state index >= 15 is 0 Å². The van der Waals surface area contributed by atoms with Gasteiger partial charge in [-0.2, -0.15) is 0 Å². The SMILES string of the molecule is Cc1nc(SCC(=O)Nc2cccc(C)c2C)c2c3c(sc2n1)CCC3. The number of thioether (sulfide) groups is 1. The minimum Gasteiger partial charge on any atom is -0.325 e. The van der Waals surface area contributed by atoms with Crippen LogP contribution in [-0.2, 0) is 17.6 Å². The van der Waals surface area contributed by atoms with Crippen molar-refractivity contribution in [3.63, 3.8) is 0 Å². The normalized spacial score (nSPS) is 13.2. The molecule has 6 heteroatoms. The second-order valence-corrected chi connectivity index (χ2v) is 8.75. The van der Waals surface area contributed by atoms with Crippen molar-refractivity contribution in [1.29, 1.82) is 0 Å². The number of nitrogens with zero attached hydrogens (tertiary/aromatic N) is 2. The topological polar surface area (TPSA) is 54.9 Å². The van der Waals surface area contributed by atoms with Gasteiger partial charge < -0.3 is 5.32 Å². The third kappa shape index (κ3) is 3.23. The van der Waals surface area contributed by atoms with Crippen molar-refractivity contribution >= 4 is 44.9 Å². The lowest BCUT2D eigenvalue weighted by Gasteiger charge is -2.10. The molecular weight excluding hydrogens is 362 g/mol. The zero-order valence-electron chi connectivity index (χ0n) is 15.2. The van der Waals surface area contributed by atoms with Gasteiger partial charge in [0.2, 0.25) is 5.91 Å². The van der Waals surface area contributed by atoms with E-state index in [2.05, 4.69) is 28.3 Å². The molecule has 4 rings (SSSR count). The molecule has 0 aliphatic heterocycles. The molecule has 0 fully saturated rings. The highest BCUT2D eigenvalue weighted by Gasteiger charge is 2.22. The molecule has 0 saturated carbocycles. The minimum absolute atomic E-state index is 0.00000898. The van der Waals surface area contributed by atoms with E-state index in [9.17, 15) is 4.79 Å². The maximum Gasteiger partial charge on any atom is 0.234 e. The molecule has 0 saturated heterocycles. The second-order valence-electron chi connectivity index (χ2n) is 6.70. The van der Waals surface area contributed by atoms with E-state index in [0.29, 0.717) is 5.75 Å². The number of aromatic nitrogens is 2. The molecular formula is C20H21N3OS2. The van der Waals surface area contributed by atoms with Gasteiger partial charge in [-0.15, -0.1) is 11.3 Å². The number of rotatable bonds is 4. The molecule has 1 aliphatic rings. The second kappa shape index (κ2) is 7.00. The molecule has 1 N–H and O–H groups in total. The number of thiophene rings is 1. The van der Waals surface area contributed by atoms with E-state index in [4.69, 9.17) is 0 Å². The molecule has 2 heterocycles. The summed E-state index contributed by atoms with van der Waals surface area (Å²) in [6, 6.07) is 5.97. The Kier molecular flexibility index (Phi) is 4.71. The molecule has 26 heavy (non-hydrogen) atoms. The van der Waals surface area contributed by atoms with Gasteiger partial charge in [0, 0.05) is 16.0 Å². The first-order valence-corrected chi connectivity index (χ1v) is 10.6. The summed E-state index contributed by atoms with van der Waals surface area (Å²) in [6.45, 7) is 6.01. The van der Waals surface area contributed by atoms with E-state index in [1.807, 2.05) is 26.0 Å². The summed E-state index contributed by atoms with van der Waals surface area (Å²) >= 11 is 3.31. The average Bonchev–Trinajstić information content (AvgIpc) is 3.17. The minimum atomic E-state index is -0.00000898. The number of anilines is 1. The maximum atomic E-state index is 12.5. The molecule has 0 radical (unpaired) electrons. The smallest absolute Gasteiger partial charge is 0.234 e. The van der Waals surface area contributed by atoms with E-state index in [1.165, 1.54) is 39.6 Å². The van der Waals surface area contributed by atoms with Crippen molar-refractivity contribution in [2.45, 2.75) is 45.1 Å². The quantitative estimate of drug-likeness (QED) is 0.517. The predicted molar refractivity (Wildman–Crippen MR) is 109 cm³/mol. The molecule has 0 unspecified atom stereocenters. The number of amides is 1. The molecule has 2 aromatic heterocycles. The van der Waals surface area contributed by atoms with Crippen LogP contribution in [0.4, 0.5) is 5.69 Å². The molecule has 0 atom stereocenters. The first-order chi connectivity index (χ1) is 12.5. The monoisotopic (exact) mass is 383 g/mol. The molecule has 3 aromatic rings. The highest BCUT2D eigenvalue weighted by molar-refractivity contribution is 8.00. The number of aryl methyl sites for hydroxylation is 4. The zero-order chi connectivity index (χ0) is 18.3. The van der Waals surface area contributed by atoms with Gasteiger partial charge in [0.25, 0.3) is 0 Å². The number of hydrogen-bond acceptors (Lipinski definition) is 5. The van der Waals surface area contributed by atoms with Gasteiger partial charge in [-0.1, -0.05) is 23.9 Å². The molecule has 4 nitrogen and oxygen atoms in total. The van der Waals surface area contributed by atoms with Crippen molar-refractivity contribution in [2.75, 3.05) is 11.1 Å². The summed E-state index contributed by atoms with van der Waals surface area (Å²) in [5.74, 6) is 1.12. The van der Waals surface area contributed by atoms with Crippen LogP contribution < -0.4 is 5.32 Å².